The van der Waals surface area contributed by atoms with E-state index >= 15 is 0 Å². The number of nitrogens with zero attached hydrogens (tertiary/aromatic N) is 5. The minimum atomic E-state index is -0.0687. The minimum absolute atomic E-state index is 0.0687. The highest BCUT2D eigenvalue weighted by Crippen LogP contribution is 2.17. The molecule has 0 aliphatic heterocycles. The number of anilines is 1. The van der Waals surface area contributed by atoms with Gasteiger partial charge in [-0.3, -0.25) is 14.0 Å². The zero-order valence-electron chi connectivity index (χ0n) is 14.3. The quantitative estimate of drug-likeness (QED) is 0.603. The van der Waals surface area contributed by atoms with E-state index in [-0.39, 0.29) is 5.91 Å². The first-order valence-electron chi connectivity index (χ1n) is 8.36. The third-order valence-corrected chi connectivity index (χ3v) is 4.06. The average molecular weight is 346 g/mol. The molecule has 4 aromatic rings. The molecule has 26 heavy (non-hydrogen) atoms. The first kappa shape index (κ1) is 16.0. The van der Waals surface area contributed by atoms with Crippen LogP contribution >= 0.6 is 0 Å². The summed E-state index contributed by atoms with van der Waals surface area (Å²) >= 11 is 0. The maximum atomic E-state index is 12.1. The number of carbonyl (C=O) groups excluding carboxylic acids is 1. The van der Waals surface area contributed by atoms with E-state index in [0.29, 0.717) is 18.7 Å². The van der Waals surface area contributed by atoms with Gasteiger partial charge >= 0.3 is 0 Å². The molecule has 0 radical (unpaired) electrons. The van der Waals surface area contributed by atoms with Crippen molar-refractivity contribution in [3.05, 3.63) is 66.9 Å². The Morgan fingerprint density at radius 1 is 1.12 bits per heavy atom. The van der Waals surface area contributed by atoms with Gasteiger partial charge in [0.1, 0.15) is 12.1 Å². The molecule has 0 fully saturated rings. The molecule has 0 spiro atoms. The summed E-state index contributed by atoms with van der Waals surface area (Å²) in [6, 6.07) is 11.6. The van der Waals surface area contributed by atoms with Gasteiger partial charge in [-0.2, -0.15) is 5.10 Å². The molecule has 1 N–H and O–H groups in total. The number of amides is 1. The number of nitrogens with one attached hydrogen (secondary N) is 1. The first-order chi connectivity index (χ1) is 12.7. The monoisotopic (exact) mass is 346 g/mol. The van der Waals surface area contributed by atoms with Crippen molar-refractivity contribution in [2.24, 2.45) is 0 Å². The minimum Gasteiger partial charge on any atom is -0.325 e. The Morgan fingerprint density at radius 3 is 2.77 bits per heavy atom. The lowest BCUT2D eigenvalue weighted by atomic mass is 10.3. The van der Waals surface area contributed by atoms with Gasteiger partial charge in [0.05, 0.1) is 29.1 Å². The molecule has 1 amide bonds. The molecule has 0 saturated carbocycles. The summed E-state index contributed by atoms with van der Waals surface area (Å²) in [5.74, 6) is 0.685. The van der Waals surface area contributed by atoms with Crippen LogP contribution in [0.3, 0.4) is 0 Å². The first-order valence-corrected chi connectivity index (χ1v) is 8.36. The number of rotatable bonds is 5. The SMILES string of the molecule is Cc1cnn(CCC(=O)Nc2ccc(-n3cnc4ccccc43)nc2)c1. The highest BCUT2D eigenvalue weighted by molar-refractivity contribution is 5.90. The number of hydrogen-bond acceptors (Lipinski definition) is 4. The van der Waals surface area contributed by atoms with Gasteiger partial charge in [0.25, 0.3) is 0 Å². The summed E-state index contributed by atoms with van der Waals surface area (Å²) in [7, 11) is 0. The van der Waals surface area contributed by atoms with Crippen LogP contribution in [0.25, 0.3) is 16.9 Å². The van der Waals surface area contributed by atoms with Gasteiger partial charge in [-0.25, -0.2) is 9.97 Å². The fraction of sp³-hybridized carbons (Fsp3) is 0.158. The zero-order chi connectivity index (χ0) is 17.9. The molecule has 4 rings (SSSR count). The van der Waals surface area contributed by atoms with Gasteiger partial charge in [-0.15, -0.1) is 0 Å². The largest absolute Gasteiger partial charge is 0.325 e. The summed E-state index contributed by atoms with van der Waals surface area (Å²) in [6.45, 7) is 2.52. The summed E-state index contributed by atoms with van der Waals surface area (Å²) in [5.41, 5.74) is 3.66. The van der Waals surface area contributed by atoms with Crippen molar-refractivity contribution in [2.75, 3.05) is 5.32 Å². The molecule has 0 unspecified atom stereocenters. The number of aromatic nitrogens is 5. The van der Waals surface area contributed by atoms with Crippen LogP contribution in [0.2, 0.25) is 0 Å². The summed E-state index contributed by atoms with van der Waals surface area (Å²) in [6.07, 6.45) is 7.45. The molecule has 0 bridgehead atoms. The predicted molar refractivity (Wildman–Crippen MR) is 99.1 cm³/mol. The van der Waals surface area contributed by atoms with E-state index in [9.17, 15) is 4.79 Å². The molecule has 0 saturated heterocycles. The molecule has 3 heterocycles. The van der Waals surface area contributed by atoms with E-state index in [2.05, 4.69) is 20.4 Å². The van der Waals surface area contributed by atoms with Crippen LogP contribution in [0.1, 0.15) is 12.0 Å². The number of carbonyl (C=O) groups is 1. The van der Waals surface area contributed by atoms with Crippen LogP contribution in [0, 0.1) is 6.92 Å². The van der Waals surface area contributed by atoms with Crippen molar-refractivity contribution in [3.8, 4) is 5.82 Å². The molecule has 0 aliphatic carbocycles. The van der Waals surface area contributed by atoms with Crippen LogP contribution in [0.4, 0.5) is 5.69 Å². The summed E-state index contributed by atoms with van der Waals surface area (Å²) in [5, 5.41) is 7.04. The van der Waals surface area contributed by atoms with E-state index in [4.69, 9.17) is 0 Å². The van der Waals surface area contributed by atoms with Gasteiger partial charge < -0.3 is 5.32 Å². The average Bonchev–Trinajstić information content (AvgIpc) is 3.27. The lowest BCUT2D eigenvalue weighted by Gasteiger charge is -2.07. The smallest absolute Gasteiger partial charge is 0.226 e. The number of aryl methyl sites for hydroxylation is 2. The zero-order valence-corrected chi connectivity index (χ0v) is 14.3. The number of imidazole rings is 1. The van der Waals surface area contributed by atoms with E-state index in [1.807, 2.05) is 54.1 Å². The molecule has 0 atom stereocenters. The standard InChI is InChI=1S/C19H18N6O/c1-14-10-22-24(12-14)9-8-19(26)23-15-6-7-18(20-11-15)25-13-21-16-4-2-3-5-17(16)25/h2-7,10-13H,8-9H2,1H3,(H,23,26). The third kappa shape index (κ3) is 3.32. The number of pyridine rings is 1. The fourth-order valence-corrected chi connectivity index (χ4v) is 2.77. The van der Waals surface area contributed by atoms with E-state index in [1.54, 1.807) is 23.4 Å². The molecule has 130 valence electrons. The summed E-state index contributed by atoms with van der Waals surface area (Å²) in [4.78, 5) is 20.9. The predicted octanol–water partition coefficient (Wildman–Crippen LogP) is 2.95. The Balaban J connectivity index is 1.42. The van der Waals surface area contributed by atoms with Gasteiger partial charge in [-0.1, -0.05) is 12.1 Å². The number of para-hydroxylation sites is 2. The van der Waals surface area contributed by atoms with Crippen molar-refractivity contribution in [1.82, 2.24) is 24.3 Å². The van der Waals surface area contributed by atoms with Gasteiger partial charge in [-0.05, 0) is 36.8 Å². The van der Waals surface area contributed by atoms with Crippen molar-refractivity contribution < 1.29 is 4.79 Å². The Morgan fingerprint density at radius 2 is 2.00 bits per heavy atom. The molecule has 7 nitrogen and oxygen atoms in total. The molecule has 3 aromatic heterocycles. The molecular weight excluding hydrogens is 328 g/mol. The Kier molecular flexibility index (Phi) is 4.18. The normalized spacial score (nSPS) is 11.0. The highest BCUT2D eigenvalue weighted by atomic mass is 16.1. The van der Waals surface area contributed by atoms with E-state index < -0.39 is 0 Å². The van der Waals surface area contributed by atoms with Crippen molar-refractivity contribution >= 4 is 22.6 Å². The lowest BCUT2D eigenvalue weighted by molar-refractivity contribution is -0.116. The van der Waals surface area contributed by atoms with Crippen LogP contribution in [0.5, 0.6) is 0 Å². The maximum Gasteiger partial charge on any atom is 0.226 e. The molecule has 1 aromatic carbocycles. The Bertz CT molecular complexity index is 1050. The third-order valence-electron chi connectivity index (χ3n) is 4.06. The van der Waals surface area contributed by atoms with Crippen LogP contribution in [-0.2, 0) is 11.3 Å². The second kappa shape index (κ2) is 6.79. The number of benzene rings is 1. The maximum absolute atomic E-state index is 12.1. The number of hydrogen-bond donors (Lipinski definition) is 1. The molecular formula is C19H18N6O. The second-order valence-corrected chi connectivity index (χ2v) is 6.09. The summed E-state index contributed by atoms with van der Waals surface area (Å²) < 4.78 is 3.68. The Labute approximate surface area is 150 Å². The van der Waals surface area contributed by atoms with Crippen molar-refractivity contribution in [2.45, 2.75) is 19.9 Å². The highest BCUT2D eigenvalue weighted by Gasteiger charge is 2.07. The van der Waals surface area contributed by atoms with E-state index in [0.717, 1.165) is 22.4 Å². The Hall–Kier alpha value is -3.48. The number of fused-ring (bicyclic) bond motifs is 1. The van der Waals surface area contributed by atoms with Crippen molar-refractivity contribution in [3.63, 3.8) is 0 Å². The second-order valence-electron chi connectivity index (χ2n) is 6.09. The van der Waals surface area contributed by atoms with Crippen LogP contribution in [-0.4, -0.2) is 30.2 Å². The van der Waals surface area contributed by atoms with Gasteiger partial charge in [0.2, 0.25) is 5.91 Å². The van der Waals surface area contributed by atoms with Crippen LogP contribution in [0.15, 0.2) is 61.3 Å². The van der Waals surface area contributed by atoms with Gasteiger partial charge in [0, 0.05) is 19.2 Å². The van der Waals surface area contributed by atoms with Crippen molar-refractivity contribution in [1.29, 1.82) is 0 Å². The topological polar surface area (TPSA) is 77.6 Å². The van der Waals surface area contributed by atoms with Gasteiger partial charge in [0.15, 0.2) is 0 Å². The van der Waals surface area contributed by atoms with E-state index in [1.165, 1.54) is 0 Å². The molecule has 0 aliphatic rings. The lowest BCUT2D eigenvalue weighted by Crippen LogP contribution is -2.15. The van der Waals surface area contributed by atoms with Crippen LogP contribution < -0.4 is 5.32 Å². The molecule has 7 heteroatoms. The fourth-order valence-electron chi connectivity index (χ4n) is 2.77.